The monoisotopic (exact) mass is 450 g/mol. The number of nitrogens with one attached hydrogen (secondary N) is 1. The number of likely N-dealkylation sites (tertiary alicyclic amines) is 1. The fraction of sp³-hybridized carbons (Fsp3) is 0.481. The molecule has 5 heteroatoms. The summed E-state index contributed by atoms with van der Waals surface area (Å²) in [6.07, 6.45) is 7.45. The van der Waals surface area contributed by atoms with Crippen molar-refractivity contribution < 1.29 is 10.2 Å². The number of hydrogen-bond donors (Lipinski definition) is 3. The predicted octanol–water partition coefficient (Wildman–Crippen LogP) is 5.33. The zero-order valence-corrected chi connectivity index (χ0v) is 19.5. The highest BCUT2D eigenvalue weighted by atomic mass is 32.2. The van der Waals surface area contributed by atoms with Gasteiger partial charge < -0.3 is 15.2 Å². The van der Waals surface area contributed by atoms with E-state index in [0.29, 0.717) is 0 Å². The maximum absolute atomic E-state index is 9.72. The summed E-state index contributed by atoms with van der Waals surface area (Å²) < 4.78 is 0. The van der Waals surface area contributed by atoms with Crippen molar-refractivity contribution in [2.75, 3.05) is 13.2 Å². The number of hydrogen-bond acceptors (Lipinski definition) is 4. The van der Waals surface area contributed by atoms with Crippen LogP contribution in [0, 0.1) is 0 Å². The van der Waals surface area contributed by atoms with Crippen LogP contribution in [-0.2, 0) is 12.3 Å². The first-order valence-electron chi connectivity index (χ1n) is 12.0. The molecule has 170 valence electrons. The molecule has 1 saturated heterocycles. The molecule has 32 heavy (non-hydrogen) atoms. The molecule has 2 heterocycles. The van der Waals surface area contributed by atoms with Gasteiger partial charge in [0, 0.05) is 46.2 Å². The van der Waals surface area contributed by atoms with Gasteiger partial charge in [-0.1, -0.05) is 43.2 Å². The summed E-state index contributed by atoms with van der Waals surface area (Å²) in [6, 6.07) is 18.1. The molecule has 4 nitrogen and oxygen atoms in total. The second-order valence-corrected chi connectivity index (χ2v) is 10.7. The summed E-state index contributed by atoms with van der Waals surface area (Å²) in [5, 5.41) is 21.5. The largest absolute Gasteiger partial charge is 0.395 e. The van der Waals surface area contributed by atoms with Crippen LogP contribution < -0.4 is 0 Å². The van der Waals surface area contributed by atoms with Crippen LogP contribution in [-0.4, -0.2) is 50.6 Å². The van der Waals surface area contributed by atoms with Crippen LogP contribution in [0.3, 0.4) is 0 Å². The Bertz CT molecular complexity index is 1030. The van der Waals surface area contributed by atoms with Gasteiger partial charge in [-0.2, -0.15) is 11.8 Å². The first-order valence-corrected chi connectivity index (χ1v) is 13.1. The van der Waals surface area contributed by atoms with Crippen LogP contribution in [0.1, 0.15) is 49.8 Å². The molecule has 0 amide bonds. The van der Waals surface area contributed by atoms with E-state index >= 15 is 0 Å². The Kier molecular flexibility index (Phi) is 6.88. The van der Waals surface area contributed by atoms with Gasteiger partial charge in [0.05, 0.1) is 13.2 Å². The molecule has 5 rings (SSSR count). The van der Waals surface area contributed by atoms with E-state index in [-0.39, 0.29) is 25.3 Å². The molecule has 2 aliphatic rings. The highest BCUT2D eigenvalue weighted by Gasteiger charge is 2.32. The minimum Gasteiger partial charge on any atom is -0.395 e. The molecular weight excluding hydrogens is 416 g/mol. The third-order valence-corrected chi connectivity index (χ3v) is 8.71. The van der Waals surface area contributed by atoms with Gasteiger partial charge in [-0.05, 0) is 60.6 Å². The highest BCUT2D eigenvalue weighted by molar-refractivity contribution is 7.99. The average Bonchev–Trinajstić information content (AvgIpc) is 3.57. The topological polar surface area (TPSA) is 59.5 Å². The average molecular weight is 451 g/mol. The van der Waals surface area contributed by atoms with Gasteiger partial charge in [0.2, 0.25) is 0 Å². The van der Waals surface area contributed by atoms with Crippen LogP contribution in [0.25, 0.3) is 22.0 Å². The van der Waals surface area contributed by atoms with E-state index in [4.69, 9.17) is 0 Å². The highest BCUT2D eigenvalue weighted by Crippen LogP contribution is 2.33. The van der Waals surface area contributed by atoms with Crippen molar-refractivity contribution in [2.45, 2.75) is 68.2 Å². The van der Waals surface area contributed by atoms with Crippen LogP contribution in [0.15, 0.2) is 48.5 Å². The van der Waals surface area contributed by atoms with Gasteiger partial charge >= 0.3 is 0 Å². The number of aliphatic hydroxyl groups excluding tert-OH is 2. The number of fused-ring (bicyclic) bond motifs is 1. The number of aromatic amines is 1. The lowest BCUT2D eigenvalue weighted by Gasteiger charge is -2.27. The Morgan fingerprint density at radius 2 is 1.62 bits per heavy atom. The molecular formula is C27H34N2O2S. The normalized spacial score (nSPS) is 22.3. The van der Waals surface area contributed by atoms with Crippen molar-refractivity contribution in [1.29, 1.82) is 0 Å². The SMILES string of the molecule is OCC1CCC(CO)N1Cc1cc2cc(-c3cccc(CSC4CCCC4)c3)ccc2[nH]1. The second kappa shape index (κ2) is 10.0. The minimum absolute atomic E-state index is 0.138. The quantitative estimate of drug-likeness (QED) is 0.434. The molecule has 2 aromatic carbocycles. The van der Waals surface area contributed by atoms with Gasteiger partial charge in [-0.15, -0.1) is 0 Å². The van der Waals surface area contributed by atoms with E-state index in [1.54, 1.807) is 0 Å². The fourth-order valence-electron chi connectivity index (χ4n) is 5.43. The number of aromatic nitrogens is 1. The van der Waals surface area contributed by atoms with Gasteiger partial charge in [-0.3, -0.25) is 4.90 Å². The number of H-pyrrole nitrogens is 1. The van der Waals surface area contributed by atoms with E-state index in [9.17, 15) is 10.2 Å². The molecule has 2 unspecified atom stereocenters. The second-order valence-electron chi connectivity index (χ2n) is 9.44. The third kappa shape index (κ3) is 4.76. The van der Waals surface area contributed by atoms with Crippen LogP contribution in [0.4, 0.5) is 0 Å². The fourth-order valence-corrected chi connectivity index (χ4v) is 6.70. The Morgan fingerprint density at radius 1 is 0.875 bits per heavy atom. The number of nitrogens with zero attached hydrogens (tertiary/aromatic N) is 1. The van der Waals surface area contributed by atoms with Crippen LogP contribution >= 0.6 is 11.8 Å². The van der Waals surface area contributed by atoms with E-state index in [1.165, 1.54) is 47.8 Å². The lowest BCUT2D eigenvalue weighted by atomic mass is 10.0. The Hall–Kier alpha value is -1.79. The zero-order chi connectivity index (χ0) is 21.9. The molecule has 0 spiro atoms. The summed E-state index contributed by atoms with van der Waals surface area (Å²) in [4.78, 5) is 5.79. The van der Waals surface area contributed by atoms with E-state index in [0.717, 1.165) is 41.6 Å². The van der Waals surface area contributed by atoms with Gasteiger partial charge in [-0.25, -0.2) is 0 Å². The molecule has 2 fully saturated rings. The summed E-state index contributed by atoms with van der Waals surface area (Å²) in [5.41, 5.74) is 6.21. The Balaban J connectivity index is 1.32. The van der Waals surface area contributed by atoms with Crippen molar-refractivity contribution in [3.63, 3.8) is 0 Å². The number of aliphatic hydroxyl groups is 2. The summed E-state index contributed by atoms with van der Waals surface area (Å²) in [5.74, 6) is 1.10. The third-order valence-electron chi connectivity index (χ3n) is 7.27. The maximum atomic E-state index is 9.72. The van der Waals surface area contributed by atoms with Gasteiger partial charge in [0.15, 0.2) is 0 Å². The molecule has 3 N–H and O–H groups in total. The number of thioether (sulfide) groups is 1. The number of rotatable bonds is 8. The first kappa shape index (κ1) is 22.0. The van der Waals surface area contributed by atoms with Crippen molar-refractivity contribution in [1.82, 2.24) is 9.88 Å². The zero-order valence-electron chi connectivity index (χ0n) is 18.7. The summed E-state index contributed by atoms with van der Waals surface area (Å²) in [7, 11) is 0. The minimum atomic E-state index is 0.138. The maximum Gasteiger partial charge on any atom is 0.0587 e. The number of benzene rings is 2. The lowest BCUT2D eigenvalue weighted by molar-refractivity contribution is 0.0894. The van der Waals surface area contributed by atoms with Gasteiger partial charge in [0.25, 0.3) is 0 Å². The standard InChI is InChI=1S/C27H34N2O2S/c30-16-24-9-10-25(17-31)29(24)15-23-14-22-13-21(8-11-27(22)28-23)20-5-3-4-19(12-20)18-32-26-6-1-2-7-26/h3-5,8,11-14,24-26,28,30-31H,1-2,6-7,9-10,15-18H2. The van der Waals surface area contributed by atoms with Crippen LogP contribution in [0.2, 0.25) is 0 Å². The Morgan fingerprint density at radius 3 is 2.38 bits per heavy atom. The van der Waals surface area contributed by atoms with E-state index in [1.807, 2.05) is 0 Å². The Labute approximate surface area is 195 Å². The van der Waals surface area contributed by atoms with Gasteiger partial charge in [0.1, 0.15) is 0 Å². The molecule has 1 aliphatic heterocycles. The lowest BCUT2D eigenvalue weighted by Crippen LogP contribution is -2.39. The van der Waals surface area contributed by atoms with E-state index in [2.05, 4.69) is 70.2 Å². The smallest absolute Gasteiger partial charge is 0.0587 e. The van der Waals surface area contributed by atoms with Crippen LogP contribution in [0.5, 0.6) is 0 Å². The molecule has 1 aromatic heterocycles. The summed E-state index contributed by atoms with van der Waals surface area (Å²) >= 11 is 2.12. The molecule has 0 bridgehead atoms. The van der Waals surface area contributed by atoms with Crippen molar-refractivity contribution in [3.8, 4) is 11.1 Å². The summed E-state index contributed by atoms with van der Waals surface area (Å²) in [6.45, 7) is 1.03. The molecule has 1 aliphatic carbocycles. The first-order chi connectivity index (χ1) is 15.7. The van der Waals surface area contributed by atoms with Crippen molar-refractivity contribution >= 4 is 22.7 Å². The van der Waals surface area contributed by atoms with E-state index < -0.39 is 0 Å². The predicted molar refractivity (Wildman–Crippen MR) is 134 cm³/mol. The molecule has 1 saturated carbocycles. The molecule has 3 aromatic rings. The molecule has 2 atom stereocenters. The van der Waals surface area contributed by atoms with Crippen molar-refractivity contribution in [3.05, 3.63) is 59.8 Å². The van der Waals surface area contributed by atoms with Crippen molar-refractivity contribution in [2.24, 2.45) is 0 Å². The molecule has 0 radical (unpaired) electrons.